The van der Waals surface area contributed by atoms with Crippen molar-refractivity contribution in [1.29, 1.82) is 0 Å². The summed E-state index contributed by atoms with van der Waals surface area (Å²) in [6.45, 7) is 31.7. The SMILES string of the molecule is C=C(C)c1c(CN)ccc([Si](C)(C)C(C)(C)C)c1[Si](C)(C)C(C)(C)C. The van der Waals surface area contributed by atoms with Gasteiger partial charge in [0.05, 0.1) is 16.1 Å². The Hall–Kier alpha value is -0.646. The van der Waals surface area contributed by atoms with Crippen molar-refractivity contribution in [2.45, 2.75) is 91.3 Å². The van der Waals surface area contributed by atoms with Crippen LogP contribution in [0.1, 0.15) is 59.6 Å². The molecule has 1 aromatic carbocycles. The van der Waals surface area contributed by atoms with Crippen molar-refractivity contribution >= 4 is 32.1 Å². The molecule has 142 valence electrons. The fourth-order valence-electron chi connectivity index (χ4n) is 3.25. The van der Waals surface area contributed by atoms with E-state index in [0.29, 0.717) is 11.6 Å². The predicted octanol–water partition coefficient (Wildman–Crippen LogP) is 5.61. The van der Waals surface area contributed by atoms with Gasteiger partial charge in [-0.2, -0.15) is 0 Å². The van der Waals surface area contributed by atoms with Gasteiger partial charge >= 0.3 is 0 Å². The zero-order valence-electron chi connectivity index (χ0n) is 18.6. The maximum Gasteiger partial charge on any atom is 0.0865 e. The number of rotatable bonds is 4. The maximum atomic E-state index is 6.14. The van der Waals surface area contributed by atoms with Gasteiger partial charge in [-0.25, -0.2) is 0 Å². The highest BCUT2D eigenvalue weighted by molar-refractivity contribution is 7.02. The summed E-state index contributed by atoms with van der Waals surface area (Å²) in [5.41, 5.74) is 9.94. The molecule has 0 saturated heterocycles. The van der Waals surface area contributed by atoms with Crippen LogP contribution >= 0.6 is 0 Å². The Labute approximate surface area is 159 Å². The Morgan fingerprint density at radius 3 is 1.68 bits per heavy atom. The molecule has 1 aromatic rings. The molecule has 0 amide bonds. The van der Waals surface area contributed by atoms with E-state index in [2.05, 4.69) is 93.4 Å². The third-order valence-electron chi connectivity index (χ3n) is 6.99. The summed E-state index contributed by atoms with van der Waals surface area (Å²) in [6, 6.07) is 4.69. The second-order valence-corrected chi connectivity index (χ2v) is 21.3. The molecule has 3 heteroatoms. The molecule has 1 rings (SSSR count). The Bertz CT molecular complexity index is 656. The van der Waals surface area contributed by atoms with Crippen LogP contribution in [0.3, 0.4) is 0 Å². The molecular formula is C22H41NSi2. The molecule has 1 nitrogen and oxygen atoms in total. The van der Waals surface area contributed by atoms with Crippen LogP contribution in [0.5, 0.6) is 0 Å². The fraction of sp³-hybridized carbons (Fsp3) is 0.636. The summed E-state index contributed by atoms with van der Waals surface area (Å²) in [6.07, 6.45) is 0. The Morgan fingerprint density at radius 2 is 1.36 bits per heavy atom. The van der Waals surface area contributed by atoms with Crippen molar-refractivity contribution in [3.8, 4) is 0 Å². The summed E-state index contributed by atoms with van der Waals surface area (Å²) in [5, 5.41) is 3.84. The molecule has 0 heterocycles. The van der Waals surface area contributed by atoms with Gasteiger partial charge in [-0.1, -0.05) is 102 Å². The fourth-order valence-corrected chi connectivity index (χ4v) is 9.69. The van der Waals surface area contributed by atoms with Gasteiger partial charge in [-0.15, -0.1) is 0 Å². The lowest BCUT2D eigenvalue weighted by molar-refractivity contribution is 0.726. The molecule has 0 aliphatic heterocycles. The molecule has 0 spiro atoms. The topological polar surface area (TPSA) is 26.0 Å². The zero-order chi connectivity index (χ0) is 20.0. The van der Waals surface area contributed by atoms with Gasteiger partial charge in [0.1, 0.15) is 0 Å². The molecular weight excluding hydrogens is 334 g/mol. The monoisotopic (exact) mass is 375 g/mol. The first-order valence-electron chi connectivity index (χ1n) is 9.53. The number of nitrogens with two attached hydrogens (primary N) is 1. The number of hydrogen-bond donors (Lipinski definition) is 1. The van der Waals surface area contributed by atoms with E-state index in [-0.39, 0.29) is 5.04 Å². The van der Waals surface area contributed by atoms with Gasteiger partial charge in [0, 0.05) is 6.54 Å². The third kappa shape index (κ3) is 3.89. The predicted molar refractivity (Wildman–Crippen MR) is 123 cm³/mol. The van der Waals surface area contributed by atoms with E-state index in [1.54, 1.807) is 10.4 Å². The number of benzene rings is 1. The Morgan fingerprint density at radius 1 is 0.920 bits per heavy atom. The van der Waals surface area contributed by atoms with E-state index in [1.807, 2.05) is 0 Å². The Kier molecular flexibility index (Phi) is 6.11. The van der Waals surface area contributed by atoms with Crippen molar-refractivity contribution in [3.05, 3.63) is 29.8 Å². The van der Waals surface area contributed by atoms with Crippen LogP contribution in [-0.4, -0.2) is 16.1 Å². The van der Waals surface area contributed by atoms with Crippen molar-refractivity contribution in [2.75, 3.05) is 0 Å². The van der Waals surface area contributed by atoms with E-state index in [0.717, 1.165) is 0 Å². The first-order valence-corrected chi connectivity index (χ1v) is 15.5. The lowest BCUT2D eigenvalue weighted by Crippen LogP contribution is -2.65. The number of hydrogen-bond acceptors (Lipinski definition) is 1. The smallest absolute Gasteiger partial charge is 0.0865 e. The quantitative estimate of drug-likeness (QED) is 0.680. The average Bonchev–Trinajstić information content (AvgIpc) is 2.42. The Balaban J connectivity index is 4.08. The van der Waals surface area contributed by atoms with E-state index in [9.17, 15) is 0 Å². The minimum atomic E-state index is -1.75. The van der Waals surface area contributed by atoms with Gasteiger partial charge in [-0.3, -0.25) is 0 Å². The lowest BCUT2D eigenvalue weighted by Gasteiger charge is -2.46. The van der Waals surface area contributed by atoms with Crippen LogP contribution in [0.4, 0.5) is 0 Å². The highest BCUT2D eigenvalue weighted by Gasteiger charge is 2.46. The molecule has 0 bridgehead atoms. The zero-order valence-corrected chi connectivity index (χ0v) is 20.6. The molecule has 0 fully saturated rings. The summed E-state index contributed by atoms with van der Waals surface area (Å²) in [7, 11) is -3.43. The van der Waals surface area contributed by atoms with Gasteiger partial charge < -0.3 is 5.73 Å². The first-order chi connectivity index (χ1) is 11.0. The van der Waals surface area contributed by atoms with E-state index < -0.39 is 16.1 Å². The largest absolute Gasteiger partial charge is 0.326 e. The van der Waals surface area contributed by atoms with Gasteiger partial charge in [0.2, 0.25) is 0 Å². The third-order valence-corrected chi connectivity index (χ3v) is 18.3. The van der Waals surface area contributed by atoms with Gasteiger partial charge in [-0.05, 0) is 28.1 Å². The van der Waals surface area contributed by atoms with Crippen LogP contribution in [0.15, 0.2) is 18.7 Å². The molecule has 0 aliphatic carbocycles. The molecule has 0 aliphatic rings. The second kappa shape index (κ2) is 6.82. The van der Waals surface area contributed by atoms with E-state index in [4.69, 9.17) is 5.73 Å². The van der Waals surface area contributed by atoms with Crippen molar-refractivity contribution in [1.82, 2.24) is 0 Å². The van der Waals surface area contributed by atoms with Crippen LogP contribution in [0.25, 0.3) is 5.57 Å². The average molecular weight is 376 g/mol. The van der Waals surface area contributed by atoms with Crippen molar-refractivity contribution < 1.29 is 0 Å². The van der Waals surface area contributed by atoms with Crippen LogP contribution < -0.4 is 16.1 Å². The first kappa shape index (κ1) is 22.4. The molecule has 0 radical (unpaired) electrons. The maximum absolute atomic E-state index is 6.14. The summed E-state index contributed by atoms with van der Waals surface area (Å²) >= 11 is 0. The minimum Gasteiger partial charge on any atom is -0.326 e. The summed E-state index contributed by atoms with van der Waals surface area (Å²) < 4.78 is 0. The summed E-state index contributed by atoms with van der Waals surface area (Å²) in [5.74, 6) is 0. The van der Waals surface area contributed by atoms with Gasteiger partial charge in [0.15, 0.2) is 0 Å². The highest BCUT2D eigenvalue weighted by Crippen LogP contribution is 2.40. The van der Waals surface area contributed by atoms with Crippen LogP contribution in [0, 0.1) is 0 Å². The molecule has 0 unspecified atom stereocenters. The van der Waals surface area contributed by atoms with Crippen LogP contribution in [-0.2, 0) is 6.54 Å². The van der Waals surface area contributed by atoms with Crippen molar-refractivity contribution in [3.63, 3.8) is 0 Å². The molecule has 25 heavy (non-hydrogen) atoms. The molecule has 0 aromatic heterocycles. The highest BCUT2D eigenvalue weighted by atomic mass is 28.3. The minimum absolute atomic E-state index is 0.279. The van der Waals surface area contributed by atoms with Gasteiger partial charge in [0.25, 0.3) is 0 Å². The van der Waals surface area contributed by atoms with Crippen molar-refractivity contribution in [2.24, 2.45) is 5.73 Å². The molecule has 0 saturated carbocycles. The second-order valence-electron chi connectivity index (χ2n) is 10.8. The molecule has 2 N–H and O–H groups in total. The van der Waals surface area contributed by atoms with Crippen LogP contribution in [0.2, 0.25) is 36.3 Å². The van der Waals surface area contributed by atoms with E-state index in [1.165, 1.54) is 16.7 Å². The summed E-state index contributed by atoms with van der Waals surface area (Å²) in [4.78, 5) is 0. The van der Waals surface area contributed by atoms with E-state index >= 15 is 0 Å². The standard InChI is InChI=1S/C22H41NSi2/c1-16(2)19-17(15-23)13-14-18(24(9,10)21(3,4)5)20(19)25(11,12)22(6,7)8/h13-14H,1,15,23H2,2-12H3. The molecule has 0 atom stereocenters. The number of allylic oxidation sites excluding steroid dienone is 1. The lowest BCUT2D eigenvalue weighted by atomic mass is 10.0. The normalized spacial score (nSPS) is 13.9.